The zero-order valence-corrected chi connectivity index (χ0v) is 9.84. The lowest BCUT2D eigenvalue weighted by molar-refractivity contribution is 0.506. The molecule has 0 bridgehead atoms. The van der Waals surface area contributed by atoms with Gasteiger partial charge >= 0.3 is 0 Å². The predicted octanol–water partition coefficient (Wildman–Crippen LogP) is 1.21. The van der Waals surface area contributed by atoms with Gasteiger partial charge in [-0.2, -0.15) is 0 Å². The minimum atomic E-state index is 0.616. The van der Waals surface area contributed by atoms with Crippen molar-refractivity contribution in [3.05, 3.63) is 42.1 Å². The number of hydrogen-bond acceptors (Lipinski definition) is 5. The van der Waals surface area contributed by atoms with Crippen LogP contribution in [0.4, 0.5) is 5.95 Å². The number of anilines is 1. The smallest absolute Gasteiger partial charge is 0.225 e. The summed E-state index contributed by atoms with van der Waals surface area (Å²) in [7, 11) is 1.93. The highest BCUT2D eigenvalue weighted by Crippen LogP contribution is 2.10. The zero-order valence-electron chi connectivity index (χ0n) is 9.84. The highest BCUT2D eigenvalue weighted by Gasteiger charge is 2.06. The van der Waals surface area contributed by atoms with Crippen LogP contribution in [0.25, 0.3) is 0 Å². The van der Waals surface area contributed by atoms with Gasteiger partial charge in [0.15, 0.2) is 0 Å². The number of nitrogens with two attached hydrogens (primary N) is 1. The van der Waals surface area contributed by atoms with Crippen LogP contribution in [0.3, 0.4) is 0 Å². The Morgan fingerprint density at radius 1 is 1.35 bits per heavy atom. The van der Waals surface area contributed by atoms with Crippen LogP contribution < -0.4 is 10.6 Å². The SMILES string of the molecule is CN(Cc1ccco1)c1ncc(CCN)cn1. The molecular weight excluding hydrogens is 216 g/mol. The fraction of sp³-hybridized carbons (Fsp3) is 0.333. The first kappa shape index (κ1) is 11.6. The molecule has 5 nitrogen and oxygen atoms in total. The van der Waals surface area contributed by atoms with Crippen molar-refractivity contribution in [2.45, 2.75) is 13.0 Å². The summed E-state index contributed by atoms with van der Waals surface area (Å²) < 4.78 is 5.27. The normalized spacial score (nSPS) is 10.5. The van der Waals surface area contributed by atoms with E-state index in [1.54, 1.807) is 6.26 Å². The van der Waals surface area contributed by atoms with E-state index in [1.165, 1.54) is 0 Å². The third kappa shape index (κ3) is 3.04. The van der Waals surface area contributed by atoms with Gasteiger partial charge in [0.25, 0.3) is 0 Å². The molecule has 0 atom stereocenters. The molecule has 0 unspecified atom stereocenters. The summed E-state index contributed by atoms with van der Waals surface area (Å²) in [6.45, 7) is 1.27. The van der Waals surface area contributed by atoms with E-state index in [0.717, 1.165) is 17.7 Å². The molecule has 2 N–H and O–H groups in total. The maximum absolute atomic E-state index is 5.47. The molecule has 0 aliphatic heterocycles. The molecule has 0 saturated carbocycles. The number of hydrogen-bond donors (Lipinski definition) is 1. The van der Waals surface area contributed by atoms with Crippen molar-refractivity contribution in [2.75, 3.05) is 18.5 Å². The van der Waals surface area contributed by atoms with E-state index in [4.69, 9.17) is 10.2 Å². The molecule has 0 spiro atoms. The standard InChI is InChI=1S/C12H16N4O/c1-16(9-11-3-2-6-17-11)12-14-7-10(4-5-13)8-15-12/h2-3,6-8H,4-5,9,13H2,1H3. The van der Waals surface area contributed by atoms with Gasteiger partial charge in [-0.05, 0) is 30.7 Å². The van der Waals surface area contributed by atoms with Crippen LogP contribution in [0, 0.1) is 0 Å². The van der Waals surface area contributed by atoms with Crippen LogP contribution in [0.5, 0.6) is 0 Å². The lowest BCUT2D eigenvalue weighted by Crippen LogP contribution is -2.18. The van der Waals surface area contributed by atoms with Crippen LogP contribution in [0.1, 0.15) is 11.3 Å². The van der Waals surface area contributed by atoms with Gasteiger partial charge in [0.2, 0.25) is 5.95 Å². The Bertz CT molecular complexity index is 438. The fourth-order valence-electron chi connectivity index (χ4n) is 1.55. The highest BCUT2D eigenvalue weighted by atomic mass is 16.3. The van der Waals surface area contributed by atoms with Crippen LogP contribution in [0.2, 0.25) is 0 Å². The third-order valence-corrected chi connectivity index (χ3v) is 2.44. The molecule has 2 aromatic heterocycles. The van der Waals surface area contributed by atoms with Crippen molar-refractivity contribution < 1.29 is 4.42 Å². The van der Waals surface area contributed by atoms with Gasteiger partial charge in [0.05, 0.1) is 12.8 Å². The summed E-state index contributed by atoms with van der Waals surface area (Å²) in [5, 5.41) is 0. The molecule has 0 saturated heterocycles. The second kappa shape index (κ2) is 5.45. The molecule has 0 aliphatic rings. The number of rotatable bonds is 5. The van der Waals surface area contributed by atoms with Gasteiger partial charge in [-0.3, -0.25) is 0 Å². The van der Waals surface area contributed by atoms with Crippen molar-refractivity contribution in [1.29, 1.82) is 0 Å². The lowest BCUT2D eigenvalue weighted by Gasteiger charge is -2.15. The van der Waals surface area contributed by atoms with E-state index in [9.17, 15) is 0 Å². The first-order chi connectivity index (χ1) is 8.29. The Kier molecular flexibility index (Phi) is 3.72. The molecule has 90 valence electrons. The minimum Gasteiger partial charge on any atom is -0.467 e. The van der Waals surface area contributed by atoms with Crippen LogP contribution in [0.15, 0.2) is 35.2 Å². The largest absolute Gasteiger partial charge is 0.467 e. The molecule has 5 heteroatoms. The van der Waals surface area contributed by atoms with Gasteiger partial charge in [0.1, 0.15) is 5.76 Å². The van der Waals surface area contributed by atoms with Crippen LogP contribution in [-0.2, 0) is 13.0 Å². The van der Waals surface area contributed by atoms with Gasteiger partial charge in [-0.25, -0.2) is 9.97 Å². The maximum atomic E-state index is 5.47. The van der Waals surface area contributed by atoms with Crippen molar-refractivity contribution in [1.82, 2.24) is 9.97 Å². The summed E-state index contributed by atoms with van der Waals surface area (Å²) in [6, 6.07) is 3.80. The van der Waals surface area contributed by atoms with E-state index in [2.05, 4.69) is 9.97 Å². The molecule has 2 heterocycles. The molecule has 0 radical (unpaired) electrons. The minimum absolute atomic E-state index is 0.616. The zero-order chi connectivity index (χ0) is 12.1. The molecule has 0 aromatic carbocycles. The Morgan fingerprint density at radius 3 is 2.71 bits per heavy atom. The lowest BCUT2D eigenvalue weighted by atomic mass is 10.2. The first-order valence-electron chi connectivity index (χ1n) is 5.54. The van der Waals surface area contributed by atoms with E-state index >= 15 is 0 Å². The van der Waals surface area contributed by atoms with E-state index in [-0.39, 0.29) is 0 Å². The summed E-state index contributed by atoms with van der Waals surface area (Å²) >= 11 is 0. The Balaban J connectivity index is 2.01. The third-order valence-electron chi connectivity index (χ3n) is 2.44. The number of aromatic nitrogens is 2. The molecule has 0 fully saturated rings. The average molecular weight is 232 g/mol. The Hall–Kier alpha value is -1.88. The summed E-state index contributed by atoms with van der Waals surface area (Å²) in [6.07, 6.45) is 6.10. The van der Waals surface area contributed by atoms with Crippen molar-refractivity contribution >= 4 is 5.95 Å². The fourth-order valence-corrected chi connectivity index (χ4v) is 1.55. The van der Waals surface area contributed by atoms with E-state index < -0.39 is 0 Å². The Morgan fingerprint density at radius 2 is 2.12 bits per heavy atom. The summed E-state index contributed by atoms with van der Waals surface area (Å²) in [4.78, 5) is 10.5. The van der Waals surface area contributed by atoms with E-state index in [0.29, 0.717) is 19.0 Å². The van der Waals surface area contributed by atoms with Crippen LogP contribution in [-0.4, -0.2) is 23.6 Å². The van der Waals surface area contributed by atoms with Gasteiger partial charge < -0.3 is 15.1 Å². The second-order valence-electron chi connectivity index (χ2n) is 3.87. The average Bonchev–Trinajstić information content (AvgIpc) is 2.83. The molecular formula is C12H16N4O. The van der Waals surface area contributed by atoms with Crippen molar-refractivity contribution in [2.24, 2.45) is 5.73 Å². The van der Waals surface area contributed by atoms with Crippen molar-refractivity contribution in [3.63, 3.8) is 0 Å². The van der Waals surface area contributed by atoms with Gasteiger partial charge in [0, 0.05) is 19.4 Å². The molecule has 17 heavy (non-hydrogen) atoms. The quantitative estimate of drug-likeness (QED) is 0.839. The maximum Gasteiger partial charge on any atom is 0.225 e. The second-order valence-corrected chi connectivity index (χ2v) is 3.87. The number of nitrogens with zero attached hydrogens (tertiary/aromatic N) is 3. The van der Waals surface area contributed by atoms with Gasteiger partial charge in [-0.1, -0.05) is 0 Å². The highest BCUT2D eigenvalue weighted by molar-refractivity contribution is 5.29. The summed E-state index contributed by atoms with van der Waals surface area (Å²) in [5.74, 6) is 1.57. The molecule has 2 rings (SSSR count). The molecule has 2 aromatic rings. The topological polar surface area (TPSA) is 68.2 Å². The van der Waals surface area contributed by atoms with E-state index in [1.807, 2.05) is 36.5 Å². The predicted molar refractivity (Wildman–Crippen MR) is 65.6 cm³/mol. The monoisotopic (exact) mass is 232 g/mol. The molecule has 0 aliphatic carbocycles. The molecule has 0 amide bonds. The summed E-state index contributed by atoms with van der Waals surface area (Å²) in [5.41, 5.74) is 6.53. The van der Waals surface area contributed by atoms with Crippen molar-refractivity contribution in [3.8, 4) is 0 Å². The van der Waals surface area contributed by atoms with Crippen LogP contribution >= 0.6 is 0 Å². The van der Waals surface area contributed by atoms with Gasteiger partial charge in [-0.15, -0.1) is 0 Å². The first-order valence-corrected chi connectivity index (χ1v) is 5.54. The Labute approximate surface area is 100 Å². The number of furan rings is 1.